The number of nitrogens with zero attached hydrogens (tertiary/aromatic N) is 2. The second-order valence-electron chi connectivity index (χ2n) is 6.05. The number of piperidine rings is 1. The number of rotatable bonds is 3. The summed E-state index contributed by atoms with van der Waals surface area (Å²) in [6.45, 7) is 4.07. The highest BCUT2D eigenvalue weighted by atomic mass is 16.2. The first-order chi connectivity index (χ1) is 9.49. The van der Waals surface area contributed by atoms with E-state index in [9.17, 15) is 9.59 Å². The number of nitrogens with two attached hydrogens (primary N) is 1. The molecule has 1 saturated heterocycles. The zero-order valence-corrected chi connectivity index (χ0v) is 11.7. The molecule has 0 bridgehead atoms. The number of carbonyl (C=O) groups is 2. The fraction of sp³-hybridized carbons (Fsp3) is 0.533. The number of likely N-dealkylation sites (tertiary alicyclic amines) is 1. The van der Waals surface area contributed by atoms with Gasteiger partial charge in [0, 0.05) is 23.5 Å². The Kier molecular flexibility index (Phi) is 3.00. The van der Waals surface area contributed by atoms with Crippen LogP contribution in [0.15, 0.2) is 18.3 Å². The van der Waals surface area contributed by atoms with Crippen molar-refractivity contribution >= 4 is 11.8 Å². The van der Waals surface area contributed by atoms with Gasteiger partial charge in [-0.3, -0.25) is 14.6 Å². The van der Waals surface area contributed by atoms with Gasteiger partial charge < -0.3 is 10.6 Å². The summed E-state index contributed by atoms with van der Waals surface area (Å²) in [5.74, 6) is 0.233. The summed E-state index contributed by atoms with van der Waals surface area (Å²) >= 11 is 0. The number of hydrogen-bond acceptors (Lipinski definition) is 3. The molecule has 106 valence electrons. The highest BCUT2D eigenvalue weighted by Gasteiger charge is 2.55. The van der Waals surface area contributed by atoms with Crippen LogP contribution in [0.5, 0.6) is 0 Å². The standard InChI is InChI=1S/C15H19N3O2/c1-8(2)11-5-9(3-4-17-11)15(20)18-12-6-10(12)7-13(18)14(16)19/h3-5,8,10,12-13H,6-7H2,1-2H3,(H2,16,19). The Morgan fingerprint density at radius 1 is 1.40 bits per heavy atom. The molecule has 0 spiro atoms. The molecule has 1 saturated carbocycles. The summed E-state index contributed by atoms with van der Waals surface area (Å²) in [7, 11) is 0. The van der Waals surface area contributed by atoms with Crippen molar-refractivity contribution < 1.29 is 9.59 Å². The van der Waals surface area contributed by atoms with E-state index in [1.807, 2.05) is 19.9 Å². The molecule has 2 fully saturated rings. The zero-order valence-electron chi connectivity index (χ0n) is 11.7. The second-order valence-corrected chi connectivity index (χ2v) is 6.05. The molecule has 1 aliphatic carbocycles. The lowest BCUT2D eigenvalue weighted by molar-refractivity contribution is -0.122. The highest BCUT2D eigenvalue weighted by molar-refractivity contribution is 5.98. The summed E-state index contributed by atoms with van der Waals surface area (Å²) in [5, 5.41) is 0. The Morgan fingerprint density at radius 2 is 2.15 bits per heavy atom. The smallest absolute Gasteiger partial charge is 0.254 e. The van der Waals surface area contributed by atoms with Gasteiger partial charge in [0.15, 0.2) is 0 Å². The normalized spacial score (nSPS) is 27.6. The molecule has 0 radical (unpaired) electrons. The Bertz CT molecular complexity index is 570. The summed E-state index contributed by atoms with van der Waals surface area (Å²) in [4.78, 5) is 30.1. The van der Waals surface area contributed by atoms with Crippen LogP contribution in [0.2, 0.25) is 0 Å². The number of carbonyl (C=O) groups excluding carboxylic acids is 2. The zero-order chi connectivity index (χ0) is 14.4. The fourth-order valence-electron chi connectivity index (χ4n) is 3.05. The summed E-state index contributed by atoms with van der Waals surface area (Å²) in [6.07, 6.45) is 3.37. The van der Waals surface area contributed by atoms with E-state index in [0.29, 0.717) is 17.9 Å². The molecule has 1 aromatic rings. The Balaban J connectivity index is 1.88. The SMILES string of the molecule is CC(C)c1cc(C(=O)N2C(C(N)=O)CC3CC32)ccn1. The van der Waals surface area contributed by atoms with Crippen LogP contribution in [0.4, 0.5) is 0 Å². The molecule has 3 rings (SSSR count). The quantitative estimate of drug-likeness (QED) is 0.901. The van der Waals surface area contributed by atoms with Gasteiger partial charge in [-0.05, 0) is 36.8 Å². The third-order valence-corrected chi connectivity index (χ3v) is 4.29. The molecule has 2 amide bonds. The van der Waals surface area contributed by atoms with Crippen LogP contribution in [0.25, 0.3) is 0 Å². The average Bonchev–Trinajstić information content (AvgIpc) is 3.09. The summed E-state index contributed by atoms with van der Waals surface area (Å²) < 4.78 is 0. The highest BCUT2D eigenvalue weighted by Crippen LogP contribution is 2.48. The number of hydrogen-bond donors (Lipinski definition) is 1. The minimum atomic E-state index is -0.443. The maximum atomic E-state index is 12.7. The molecule has 3 unspecified atom stereocenters. The van der Waals surface area contributed by atoms with Crippen molar-refractivity contribution in [3.05, 3.63) is 29.6 Å². The maximum absolute atomic E-state index is 12.7. The molecule has 5 nitrogen and oxygen atoms in total. The van der Waals surface area contributed by atoms with Gasteiger partial charge in [0.2, 0.25) is 5.91 Å². The van der Waals surface area contributed by atoms with Gasteiger partial charge in [-0.25, -0.2) is 0 Å². The van der Waals surface area contributed by atoms with Gasteiger partial charge in [-0.15, -0.1) is 0 Å². The maximum Gasteiger partial charge on any atom is 0.254 e. The van der Waals surface area contributed by atoms with Crippen molar-refractivity contribution in [1.82, 2.24) is 9.88 Å². The minimum Gasteiger partial charge on any atom is -0.368 e. The Labute approximate surface area is 118 Å². The molecule has 2 aliphatic rings. The van der Waals surface area contributed by atoms with Gasteiger partial charge in [0.1, 0.15) is 6.04 Å². The number of pyridine rings is 1. The second kappa shape index (κ2) is 4.58. The van der Waals surface area contributed by atoms with Crippen molar-refractivity contribution in [2.75, 3.05) is 0 Å². The first-order valence-electron chi connectivity index (χ1n) is 7.07. The van der Waals surface area contributed by atoms with Crippen molar-refractivity contribution in [3.8, 4) is 0 Å². The van der Waals surface area contributed by atoms with E-state index in [1.54, 1.807) is 17.2 Å². The molecule has 20 heavy (non-hydrogen) atoms. The molecular formula is C15H19N3O2. The molecule has 1 aliphatic heterocycles. The van der Waals surface area contributed by atoms with E-state index in [2.05, 4.69) is 4.98 Å². The Hall–Kier alpha value is -1.91. The summed E-state index contributed by atoms with van der Waals surface area (Å²) in [5.41, 5.74) is 6.91. The largest absolute Gasteiger partial charge is 0.368 e. The van der Waals surface area contributed by atoms with E-state index in [0.717, 1.165) is 12.1 Å². The van der Waals surface area contributed by atoms with Crippen molar-refractivity contribution in [2.24, 2.45) is 11.7 Å². The molecular weight excluding hydrogens is 254 g/mol. The Morgan fingerprint density at radius 3 is 2.80 bits per heavy atom. The molecule has 2 heterocycles. The van der Waals surface area contributed by atoms with E-state index < -0.39 is 11.9 Å². The van der Waals surface area contributed by atoms with Gasteiger partial charge in [0.25, 0.3) is 5.91 Å². The predicted molar refractivity (Wildman–Crippen MR) is 74.0 cm³/mol. The molecule has 0 aromatic carbocycles. The van der Waals surface area contributed by atoms with Crippen LogP contribution >= 0.6 is 0 Å². The van der Waals surface area contributed by atoms with Crippen molar-refractivity contribution in [1.29, 1.82) is 0 Å². The fourth-order valence-corrected chi connectivity index (χ4v) is 3.05. The summed E-state index contributed by atoms with van der Waals surface area (Å²) in [6, 6.07) is 3.29. The third kappa shape index (κ3) is 2.07. The predicted octanol–water partition coefficient (Wildman–Crippen LogP) is 1.29. The molecule has 1 aromatic heterocycles. The van der Waals surface area contributed by atoms with Gasteiger partial charge in [-0.2, -0.15) is 0 Å². The van der Waals surface area contributed by atoms with Crippen molar-refractivity contribution in [2.45, 2.75) is 44.7 Å². The van der Waals surface area contributed by atoms with Gasteiger partial charge in [-0.1, -0.05) is 13.8 Å². The van der Waals surface area contributed by atoms with Crippen LogP contribution in [0.3, 0.4) is 0 Å². The van der Waals surface area contributed by atoms with Gasteiger partial charge >= 0.3 is 0 Å². The van der Waals surface area contributed by atoms with E-state index in [1.165, 1.54) is 0 Å². The number of aromatic nitrogens is 1. The number of primary amides is 1. The van der Waals surface area contributed by atoms with Crippen LogP contribution in [0.1, 0.15) is 48.7 Å². The van der Waals surface area contributed by atoms with E-state index >= 15 is 0 Å². The number of fused-ring (bicyclic) bond motifs is 1. The first kappa shape index (κ1) is 13.1. The van der Waals surface area contributed by atoms with Crippen LogP contribution in [-0.2, 0) is 4.79 Å². The average molecular weight is 273 g/mol. The topological polar surface area (TPSA) is 76.3 Å². The van der Waals surface area contributed by atoms with E-state index in [-0.39, 0.29) is 17.9 Å². The first-order valence-corrected chi connectivity index (χ1v) is 7.07. The lowest BCUT2D eigenvalue weighted by Crippen LogP contribution is -2.46. The lowest BCUT2D eigenvalue weighted by Gasteiger charge is -2.25. The third-order valence-electron chi connectivity index (χ3n) is 4.29. The van der Waals surface area contributed by atoms with Crippen molar-refractivity contribution in [3.63, 3.8) is 0 Å². The van der Waals surface area contributed by atoms with Crippen LogP contribution < -0.4 is 5.73 Å². The van der Waals surface area contributed by atoms with Crippen LogP contribution in [0, 0.1) is 5.92 Å². The minimum absolute atomic E-state index is 0.0944. The lowest BCUT2D eigenvalue weighted by atomic mass is 10.1. The van der Waals surface area contributed by atoms with Gasteiger partial charge in [0.05, 0.1) is 0 Å². The molecule has 2 N–H and O–H groups in total. The van der Waals surface area contributed by atoms with Crippen LogP contribution in [-0.4, -0.2) is 33.8 Å². The monoisotopic (exact) mass is 273 g/mol. The molecule has 5 heteroatoms. The number of amides is 2. The van der Waals surface area contributed by atoms with E-state index in [4.69, 9.17) is 5.73 Å². The molecule has 3 atom stereocenters.